The molecule has 1 aromatic heterocycles. The summed E-state index contributed by atoms with van der Waals surface area (Å²) in [7, 11) is 0. The minimum atomic E-state index is -4.53. The Bertz CT molecular complexity index is 766. The summed E-state index contributed by atoms with van der Waals surface area (Å²) in [4.78, 5) is 0. The zero-order valence-corrected chi connectivity index (χ0v) is 15.8. The van der Waals surface area contributed by atoms with Gasteiger partial charge in [0, 0.05) is 17.7 Å². The number of aromatic nitrogens is 2. The standard InChI is InChI=1S/C13H8Br2Cl2F3N3/c14-12(15)3-7(12)6-4-23(22-11(6)21)10-8(16)1-5(2-9(10)17)13(18,19)20/h1-2,4,7H,3H2,(H2,21,22). The number of halogens is 7. The zero-order chi connectivity index (χ0) is 17.2. The van der Waals surface area contributed by atoms with E-state index in [9.17, 15) is 13.2 Å². The fraction of sp³-hybridized carbons (Fsp3) is 0.308. The Morgan fingerprint density at radius 2 is 1.78 bits per heavy atom. The third-order valence-corrected chi connectivity index (χ3v) is 5.88. The van der Waals surface area contributed by atoms with E-state index < -0.39 is 11.7 Å². The Hall–Kier alpha value is -0.440. The molecule has 0 amide bonds. The number of hydrogen-bond acceptors (Lipinski definition) is 2. The fourth-order valence-electron chi connectivity index (χ4n) is 2.28. The van der Waals surface area contributed by atoms with Crippen LogP contribution in [0.15, 0.2) is 18.3 Å². The Labute approximate surface area is 156 Å². The van der Waals surface area contributed by atoms with E-state index in [4.69, 9.17) is 28.9 Å². The molecule has 10 heteroatoms. The Balaban J connectivity index is 2.05. The Morgan fingerprint density at radius 3 is 2.22 bits per heavy atom. The van der Waals surface area contributed by atoms with Crippen LogP contribution in [0.3, 0.4) is 0 Å². The third kappa shape index (κ3) is 3.23. The van der Waals surface area contributed by atoms with Gasteiger partial charge in [0.2, 0.25) is 0 Å². The highest BCUT2D eigenvalue weighted by Crippen LogP contribution is 2.63. The summed E-state index contributed by atoms with van der Waals surface area (Å²) in [5.41, 5.74) is 5.91. The molecule has 1 fully saturated rings. The van der Waals surface area contributed by atoms with Crippen LogP contribution in [0.5, 0.6) is 0 Å². The van der Waals surface area contributed by atoms with E-state index in [0.29, 0.717) is 0 Å². The van der Waals surface area contributed by atoms with Gasteiger partial charge in [0.1, 0.15) is 11.5 Å². The van der Waals surface area contributed by atoms with Crippen molar-refractivity contribution in [2.75, 3.05) is 5.73 Å². The first-order valence-corrected chi connectivity index (χ1v) is 8.64. The van der Waals surface area contributed by atoms with Crippen LogP contribution >= 0.6 is 55.1 Å². The van der Waals surface area contributed by atoms with E-state index in [0.717, 1.165) is 24.1 Å². The molecule has 3 rings (SSSR count). The number of nitrogen functional groups attached to an aromatic ring is 1. The quantitative estimate of drug-likeness (QED) is 0.541. The highest BCUT2D eigenvalue weighted by molar-refractivity contribution is 9.25. The maximum Gasteiger partial charge on any atom is 0.416 e. The van der Waals surface area contributed by atoms with Gasteiger partial charge < -0.3 is 5.73 Å². The van der Waals surface area contributed by atoms with Gasteiger partial charge in [0.25, 0.3) is 0 Å². The van der Waals surface area contributed by atoms with E-state index in [1.54, 1.807) is 6.20 Å². The summed E-state index contributed by atoms with van der Waals surface area (Å²) in [5.74, 6) is 0.394. The molecule has 1 unspecified atom stereocenters. The molecule has 1 saturated carbocycles. The SMILES string of the molecule is Nc1nn(-c2c(Cl)cc(C(F)(F)F)cc2Cl)cc1C1CC1(Br)Br. The minimum Gasteiger partial charge on any atom is -0.382 e. The van der Waals surface area contributed by atoms with Crippen LogP contribution in [0.25, 0.3) is 5.69 Å². The molecule has 1 aliphatic carbocycles. The van der Waals surface area contributed by atoms with Crippen molar-refractivity contribution in [2.45, 2.75) is 21.7 Å². The lowest BCUT2D eigenvalue weighted by Gasteiger charge is -2.12. The van der Waals surface area contributed by atoms with Gasteiger partial charge in [-0.05, 0) is 18.6 Å². The lowest BCUT2D eigenvalue weighted by Crippen LogP contribution is -2.07. The smallest absolute Gasteiger partial charge is 0.382 e. The molecule has 0 saturated heterocycles. The maximum atomic E-state index is 12.8. The zero-order valence-electron chi connectivity index (χ0n) is 11.1. The highest BCUT2D eigenvalue weighted by atomic mass is 79.9. The maximum absolute atomic E-state index is 12.8. The molecule has 0 aliphatic heterocycles. The molecular weight excluding hydrogens is 486 g/mol. The van der Waals surface area contributed by atoms with Crippen LogP contribution in [-0.4, -0.2) is 13.0 Å². The predicted octanol–water partition coefficient (Wildman–Crippen LogP) is 5.75. The number of rotatable bonds is 2. The van der Waals surface area contributed by atoms with Gasteiger partial charge in [-0.15, -0.1) is 0 Å². The van der Waals surface area contributed by atoms with Crippen molar-refractivity contribution in [3.05, 3.63) is 39.5 Å². The first kappa shape index (κ1) is 17.4. The molecule has 0 bridgehead atoms. The molecule has 1 atom stereocenters. The number of benzene rings is 1. The summed E-state index contributed by atoms with van der Waals surface area (Å²) in [6.45, 7) is 0. The van der Waals surface area contributed by atoms with Crippen molar-refractivity contribution >= 4 is 60.9 Å². The first-order valence-electron chi connectivity index (χ1n) is 6.30. The van der Waals surface area contributed by atoms with E-state index in [-0.39, 0.29) is 30.7 Å². The third-order valence-electron chi connectivity index (χ3n) is 3.55. The van der Waals surface area contributed by atoms with Gasteiger partial charge in [-0.1, -0.05) is 55.1 Å². The van der Waals surface area contributed by atoms with Gasteiger partial charge in [-0.2, -0.15) is 18.3 Å². The molecule has 2 aromatic rings. The van der Waals surface area contributed by atoms with Crippen LogP contribution < -0.4 is 5.73 Å². The van der Waals surface area contributed by atoms with E-state index in [1.807, 2.05) is 0 Å². The summed E-state index contributed by atoms with van der Waals surface area (Å²) in [6.07, 6.45) is -2.08. The number of hydrogen-bond donors (Lipinski definition) is 1. The first-order chi connectivity index (χ1) is 10.5. The fourth-order valence-corrected chi connectivity index (χ4v) is 4.08. The molecule has 0 radical (unpaired) electrons. The van der Waals surface area contributed by atoms with Crippen LogP contribution in [-0.2, 0) is 6.18 Å². The van der Waals surface area contributed by atoms with Crippen molar-refractivity contribution in [1.29, 1.82) is 0 Å². The van der Waals surface area contributed by atoms with E-state index in [2.05, 4.69) is 37.0 Å². The summed E-state index contributed by atoms with van der Waals surface area (Å²) in [5, 5.41) is 3.82. The molecule has 2 N–H and O–H groups in total. The van der Waals surface area contributed by atoms with Crippen LogP contribution in [0.4, 0.5) is 19.0 Å². The number of nitrogens with two attached hydrogens (primary N) is 1. The van der Waals surface area contributed by atoms with Crippen LogP contribution in [0.2, 0.25) is 10.0 Å². The molecule has 1 aliphatic rings. The summed E-state index contributed by atoms with van der Waals surface area (Å²) < 4.78 is 39.4. The normalized spacial score (nSPS) is 19.9. The lowest BCUT2D eigenvalue weighted by molar-refractivity contribution is -0.137. The van der Waals surface area contributed by atoms with Crippen molar-refractivity contribution in [3.8, 4) is 5.69 Å². The minimum absolute atomic E-state index is 0.114. The Kier molecular flexibility index (Phi) is 4.19. The molecule has 0 spiro atoms. The second-order valence-corrected chi connectivity index (χ2v) is 9.93. The molecular formula is C13H8Br2Cl2F3N3. The van der Waals surface area contributed by atoms with Crippen molar-refractivity contribution in [3.63, 3.8) is 0 Å². The summed E-state index contributed by atoms with van der Waals surface area (Å²) in [6, 6.07) is 1.63. The van der Waals surface area contributed by atoms with Gasteiger partial charge >= 0.3 is 6.18 Å². The topological polar surface area (TPSA) is 43.8 Å². The van der Waals surface area contributed by atoms with Gasteiger partial charge in [0.05, 0.1) is 18.8 Å². The lowest BCUT2D eigenvalue weighted by atomic mass is 10.2. The molecule has 1 aromatic carbocycles. The Morgan fingerprint density at radius 1 is 1.26 bits per heavy atom. The second-order valence-electron chi connectivity index (χ2n) is 5.22. The van der Waals surface area contributed by atoms with Gasteiger partial charge in [0.15, 0.2) is 0 Å². The van der Waals surface area contributed by atoms with Crippen molar-refractivity contribution < 1.29 is 13.2 Å². The largest absolute Gasteiger partial charge is 0.416 e. The highest BCUT2D eigenvalue weighted by Gasteiger charge is 2.52. The second kappa shape index (κ2) is 5.54. The van der Waals surface area contributed by atoms with E-state index in [1.165, 1.54) is 4.68 Å². The number of nitrogens with zero attached hydrogens (tertiary/aromatic N) is 2. The number of alkyl halides is 5. The number of anilines is 1. The van der Waals surface area contributed by atoms with Crippen LogP contribution in [0, 0.1) is 0 Å². The average molecular weight is 494 g/mol. The van der Waals surface area contributed by atoms with Gasteiger partial charge in [-0.3, -0.25) is 0 Å². The summed E-state index contributed by atoms with van der Waals surface area (Å²) >= 11 is 19.0. The van der Waals surface area contributed by atoms with Gasteiger partial charge in [-0.25, -0.2) is 4.68 Å². The monoisotopic (exact) mass is 491 g/mol. The molecule has 23 heavy (non-hydrogen) atoms. The van der Waals surface area contributed by atoms with E-state index >= 15 is 0 Å². The molecule has 1 heterocycles. The van der Waals surface area contributed by atoms with Crippen molar-refractivity contribution in [1.82, 2.24) is 9.78 Å². The molecule has 124 valence electrons. The predicted molar refractivity (Wildman–Crippen MR) is 90.9 cm³/mol. The molecule has 3 nitrogen and oxygen atoms in total. The average Bonchev–Trinajstić information content (AvgIpc) is 2.85. The van der Waals surface area contributed by atoms with Crippen molar-refractivity contribution in [2.24, 2.45) is 0 Å². The van der Waals surface area contributed by atoms with Crippen LogP contribution in [0.1, 0.15) is 23.5 Å².